The third-order valence-electron chi connectivity index (χ3n) is 1.18. The molecule has 2 atom stereocenters. The standard InChI is InChI=1S/CH4IP29/c1-31(3)30-29-28-27-26-25-24-23-22-21-20-19-18-17-16-15-14-13-12-11-10-9-8-7-6-5-4-2/h16H,1H3. The zero-order valence-electron chi connectivity index (χ0n) is 14.4. The van der Waals surface area contributed by atoms with Gasteiger partial charge in [-0.05, 0) is 98.0 Å². The summed E-state index contributed by atoms with van der Waals surface area (Å²) < 4.78 is 0. The summed E-state index contributed by atoms with van der Waals surface area (Å²) in [6, 6.07) is 0. The fourth-order valence-electron chi connectivity index (χ4n) is 0.513. The number of halogens is 1. The summed E-state index contributed by atoms with van der Waals surface area (Å²) >= 11 is 2.43. The second kappa shape index (κ2) is 37.7. The first-order valence-electron chi connectivity index (χ1n) is 6.26. The monoisotopic (exact) mass is 1040 g/mol. The maximum atomic E-state index is 4.48. The van der Waals surface area contributed by atoms with Crippen LogP contribution < -0.4 is 0 Å². The molecule has 2 unspecified atom stereocenters. The van der Waals surface area contributed by atoms with Crippen molar-refractivity contribution >= 4 is 239 Å². The van der Waals surface area contributed by atoms with Crippen molar-refractivity contribution in [3.8, 4) is 0 Å². The van der Waals surface area contributed by atoms with Crippen LogP contribution >= 0.6 is 239 Å². The van der Waals surface area contributed by atoms with Gasteiger partial charge in [-0.15, -0.1) is 0 Å². The van der Waals surface area contributed by atoms with Gasteiger partial charge in [-0.25, -0.2) is 0 Å². The van der Waals surface area contributed by atoms with E-state index in [9.17, 15) is 0 Å². The van der Waals surface area contributed by atoms with E-state index in [1.807, 2.05) is 0 Å². The summed E-state index contributed by atoms with van der Waals surface area (Å²) in [7, 11) is 45.6. The Morgan fingerprint density at radius 2 is 0.774 bits per heavy atom. The van der Waals surface area contributed by atoms with Gasteiger partial charge in [0, 0.05) is 43.3 Å². The van der Waals surface area contributed by atoms with Gasteiger partial charge in [0.05, 0.1) is 0 Å². The minimum atomic E-state index is -0.0223. The predicted octanol–water partition coefficient (Wildman–Crippen LogP) is 25.8. The van der Waals surface area contributed by atoms with Gasteiger partial charge in [0.2, 0.25) is 0 Å². The molecule has 0 aromatic carbocycles. The zero-order chi connectivity index (χ0) is 22.7. The molecule has 0 aliphatic carbocycles. The first kappa shape index (κ1) is 40.7. The third kappa shape index (κ3) is 39.7. The fourth-order valence-corrected chi connectivity index (χ4v) is 123. The van der Waals surface area contributed by atoms with Gasteiger partial charge >= 0.3 is 105 Å². The van der Waals surface area contributed by atoms with Crippen molar-refractivity contribution in [3.05, 3.63) is 0 Å². The van der Waals surface area contributed by atoms with E-state index in [2.05, 4.69) is 37.0 Å². The summed E-state index contributed by atoms with van der Waals surface area (Å²) in [5, 5.41) is 0. The molecule has 0 aromatic rings. The van der Waals surface area contributed by atoms with Crippen LogP contribution in [0.1, 0.15) is 0 Å². The van der Waals surface area contributed by atoms with Crippen LogP contribution in [0.25, 0.3) is 0 Å². The molecule has 0 spiro atoms. The predicted molar refractivity (Wildman–Crippen MR) is 222 cm³/mol. The van der Waals surface area contributed by atoms with E-state index >= 15 is 0 Å². The molecule has 0 rings (SSSR count). The molecule has 0 saturated heterocycles. The molecule has 0 fully saturated rings. The van der Waals surface area contributed by atoms with E-state index in [4.69, 9.17) is 0 Å². The molecule has 0 N–H and O–H groups in total. The average molecular weight is 1040 g/mol. The molecule has 0 heterocycles. The molecule has 0 nitrogen and oxygen atoms in total. The van der Waals surface area contributed by atoms with Crippen LogP contribution in [0.5, 0.6) is 0 Å². The van der Waals surface area contributed by atoms with Gasteiger partial charge in [0.1, 0.15) is 0 Å². The molecular formula is CH4IP29. The summed E-state index contributed by atoms with van der Waals surface area (Å²) in [6.45, 7) is 2.21. The molecule has 0 amide bonds. The van der Waals surface area contributed by atoms with Crippen LogP contribution in [0.4, 0.5) is 0 Å². The van der Waals surface area contributed by atoms with Crippen molar-refractivity contribution in [2.45, 2.75) is 0 Å². The van der Waals surface area contributed by atoms with Crippen LogP contribution in [0.2, 0.25) is 0 Å². The molecule has 0 aromatic heterocycles. The van der Waals surface area contributed by atoms with E-state index in [1.54, 1.807) is 181 Å². The molecular weight excluding hydrogens is 1040 g/mol. The number of rotatable bonds is 13. The molecule has 31 heavy (non-hydrogen) atoms. The van der Waals surface area contributed by atoms with Crippen LogP contribution in [0, 0.1) is 0 Å². The van der Waals surface area contributed by atoms with Crippen molar-refractivity contribution < 1.29 is 0 Å². The van der Waals surface area contributed by atoms with Crippen LogP contribution in [-0.4, -0.2) is 6.66 Å². The SMILES string of the molecule is CP(#P)P=PP=PP=PP=PP=PP=PP=PPP=PP=PP=PP=PP=PP=PI. The summed E-state index contributed by atoms with van der Waals surface area (Å²) in [4.78, 5) is 0. The van der Waals surface area contributed by atoms with Crippen molar-refractivity contribution in [2.75, 3.05) is 6.66 Å². The van der Waals surface area contributed by atoms with Gasteiger partial charge in [-0.1, -0.05) is 0 Å². The van der Waals surface area contributed by atoms with Crippen molar-refractivity contribution in [1.29, 1.82) is 0 Å². The first-order valence-corrected chi connectivity index (χ1v) is 55.6. The Morgan fingerprint density at radius 3 is 1.10 bits per heavy atom. The van der Waals surface area contributed by atoms with Crippen molar-refractivity contribution in [1.82, 2.24) is 0 Å². The van der Waals surface area contributed by atoms with E-state index < -0.39 is 0 Å². The van der Waals surface area contributed by atoms with Crippen LogP contribution in [0.3, 0.4) is 0 Å². The molecule has 0 radical (unpaired) electrons. The molecule has 0 saturated carbocycles. The van der Waals surface area contributed by atoms with Crippen molar-refractivity contribution in [3.63, 3.8) is 0 Å². The average Bonchev–Trinajstić information content (AvgIpc) is 2.76. The molecule has 160 valence electrons. The van der Waals surface area contributed by atoms with Gasteiger partial charge in [-0.3, -0.25) is 0 Å². The third-order valence-corrected chi connectivity index (χ3v) is 94.3. The Balaban J connectivity index is 3.92. The van der Waals surface area contributed by atoms with E-state index in [-0.39, 0.29) is 6.71 Å². The van der Waals surface area contributed by atoms with Gasteiger partial charge in [-0.2, -0.15) is 0 Å². The van der Waals surface area contributed by atoms with Crippen LogP contribution in [0.15, 0.2) is 0 Å². The normalized spacial score (nSPS) is 15.6. The second-order valence-corrected chi connectivity index (χ2v) is 74.2. The zero-order valence-corrected chi connectivity index (χ0v) is 42.6. The Hall–Kier alpha value is 9.69. The van der Waals surface area contributed by atoms with Gasteiger partial charge in [0.25, 0.3) is 0 Å². The minimum absolute atomic E-state index is 0.0223. The minimum Gasteiger partial charge on any atom is -0.0317 e. The second-order valence-electron chi connectivity index (χ2n) is 2.92. The van der Waals surface area contributed by atoms with Gasteiger partial charge < -0.3 is 0 Å². The topological polar surface area (TPSA) is 0 Å². The van der Waals surface area contributed by atoms with Gasteiger partial charge in [0.15, 0.2) is 0 Å². The molecule has 0 bridgehead atoms. The van der Waals surface area contributed by atoms with E-state index in [0.717, 1.165) is 7.96 Å². The fraction of sp³-hybridized carbons (Fsp3) is 1.00. The summed E-state index contributed by atoms with van der Waals surface area (Å²) in [6.07, 6.45) is 0. The van der Waals surface area contributed by atoms with E-state index in [0.29, 0.717) is 0 Å². The Kier molecular flexibility index (Phi) is 49.5. The maximum absolute atomic E-state index is 4.48. The number of hydrogen-bond donors (Lipinski definition) is 0. The number of hydrogen-bond acceptors (Lipinski definition) is 0. The van der Waals surface area contributed by atoms with E-state index in [1.165, 1.54) is 13.1 Å². The Labute approximate surface area is 242 Å². The molecule has 30 heteroatoms. The Bertz CT molecular complexity index is 896. The summed E-state index contributed by atoms with van der Waals surface area (Å²) in [5.74, 6) is 0. The van der Waals surface area contributed by atoms with Crippen molar-refractivity contribution in [2.24, 2.45) is 0 Å². The molecule has 0 aliphatic rings. The smallest absolute Gasteiger partial charge is 0.0317 e. The summed E-state index contributed by atoms with van der Waals surface area (Å²) in [5.41, 5.74) is 1.48. The molecule has 0 aliphatic heterocycles. The first-order chi connectivity index (χ1) is 15.3. The quantitative estimate of drug-likeness (QED) is 0.127. The Morgan fingerprint density at radius 1 is 0.484 bits per heavy atom. The van der Waals surface area contributed by atoms with Crippen LogP contribution in [-0.2, 0) is 0 Å².